The highest BCUT2D eigenvalue weighted by Gasteiger charge is 2.18. The molecule has 1 N–H and O–H groups in total. The van der Waals surface area contributed by atoms with Crippen molar-refractivity contribution in [3.05, 3.63) is 22.8 Å². The van der Waals surface area contributed by atoms with Crippen LogP contribution < -0.4 is 4.90 Å². The molecule has 102 valence electrons. The Morgan fingerprint density at radius 3 is 2.89 bits per heavy atom. The summed E-state index contributed by atoms with van der Waals surface area (Å²) < 4.78 is 4.97. The van der Waals surface area contributed by atoms with Gasteiger partial charge < -0.3 is 14.7 Å². The number of anilines is 1. The highest BCUT2D eigenvalue weighted by atomic mass is 35.5. The molecule has 19 heavy (non-hydrogen) atoms. The summed E-state index contributed by atoms with van der Waals surface area (Å²) in [5.41, 5.74) is 0.0541. The van der Waals surface area contributed by atoms with Gasteiger partial charge in [0.2, 0.25) is 0 Å². The second-order valence-corrected chi connectivity index (χ2v) is 4.09. The quantitative estimate of drug-likeness (QED) is 0.768. The van der Waals surface area contributed by atoms with E-state index >= 15 is 0 Å². The van der Waals surface area contributed by atoms with E-state index in [1.165, 1.54) is 12.1 Å². The minimum absolute atomic E-state index is 0.0541. The maximum absolute atomic E-state index is 11.2. The maximum Gasteiger partial charge on any atom is 0.339 e. The Kier molecular flexibility index (Phi) is 6.06. The van der Waals surface area contributed by atoms with Crippen LogP contribution in [-0.2, 0) is 4.74 Å². The van der Waals surface area contributed by atoms with Crippen LogP contribution in [0.15, 0.2) is 12.1 Å². The maximum atomic E-state index is 11.2. The number of carbonyl (C=O) groups is 1. The predicted molar refractivity (Wildman–Crippen MR) is 70.5 cm³/mol. The Hall–Kier alpha value is -1.84. The van der Waals surface area contributed by atoms with Gasteiger partial charge in [0.1, 0.15) is 16.5 Å². The zero-order chi connectivity index (χ0) is 14.3. The summed E-state index contributed by atoms with van der Waals surface area (Å²) >= 11 is 5.81. The number of ether oxygens (including phenoxy) is 1. The molecule has 0 radical (unpaired) electrons. The smallest absolute Gasteiger partial charge is 0.339 e. The van der Waals surface area contributed by atoms with Gasteiger partial charge in [0.15, 0.2) is 0 Å². The molecule has 1 aromatic rings. The molecule has 6 nitrogen and oxygen atoms in total. The summed E-state index contributed by atoms with van der Waals surface area (Å²) in [4.78, 5) is 16.9. The molecule has 0 saturated heterocycles. The number of pyridine rings is 1. The molecule has 0 spiro atoms. The molecule has 0 saturated carbocycles. The van der Waals surface area contributed by atoms with Crippen molar-refractivity contribution < 1.29 is 14.6 Å². The topological polar surface area (TPSA) is 86.5 Å². The third kappa shape index (κ3) is 4.39. The molecule has 0 atom stereocenters. The fourth-order valence-electron chi connectivity index (χ4n) is 1.54. The van der Waals surface area contributed by atoms with Crippen LogP contribution in [0.25, 0.3) is 0 Å². The second kappa shape index (κ2) is 7.56. The number of carboxylic acid groups (broad SMARTS) is 1. The lowest BCUT2D eigenvalue weighted by atomic mass is 10.2. The molecule has 0 aliphatic heterocycles. The average molecular weight is 284 g/mol. The number of nitriles is 1. The first-order valence-corrected chi connectivity index (χ1v) is 5.98. The Balaban J connectivity index is 3.08. The van der Waals surface area contributed by atoms with Gasteiger partial charge in [-0.25, -0.2) is 9.78 Å². The van der Waals surface area contributed by atoms with Crippen LogP contribution in [0, 0.1) is 11.3 Å². The van der Waals surface area contributed by atoms with E-state index in [1.807, 2.05) is 6.07 Å². The molecule has 0 bridgehead atoms. The number of hydrogen-bond donors (Lipinski definition) is 1. The van der Waals surface area contributed by atoms with Crippen molar-refractivity contribution in [2.24, 2.45) is 0 Å². The van der Waals surface area contributed by atoms with E-state index in [2.05, 4.69) is 4.98 Å². The van der Waals surface area contributed by atoms with E-state index < -0.39 is 5.97 Å². The molecule has 0 aliphatic carbocycles. The average Bonchev–Trinajstić information content (AvgIpc) is 2.38. The number of hydrogen-bond acceptors (Lipinski definition) is 5. The third-order valence-corrected chi connectivity index (χ3v) is 2.64. The van der Waals surface area contributed by atoms with E-state index in [0.29, 0.717) is 19.7 Å². The molecule has 1 heterocycles. The van der Waals surface area contributed by atoms with Crippen molar-refractivity contribution in [3.63, 3.8) is 0 Å². The molecule has 0 unspecified atom stereocenters. The van der Waals surface area contributed by atoms with E-state index in [1.54, 1.807) is 12.0 Å². The summed E-state index contributed by atoms with van der Waals surface area (Å²) in [6, 6.07) is 4.84. The molecule has 1 aromatic heterocycles. The fourth-order valence-corrected chi connectivity index (χ4v) is 1.69. The molecule has 0 fully saturated rings. The fraction of sp³-hybridized carbons (Fsp3) is 0.417. The number of carboxylic acids is 1. The van der Waals surface area contributed by atoms with Crippen LogP contribution >= 0.6 is 11.6 Å². The second-order valence-electron chi connectivity index (χ2n) is 3.70. The highest BCUT2D eigenvalue weighted by molar-refractivity contribution is 6.29. The number of aromatic nitrogens is 1. The van der Waals surface area contributed by atoms with Crippen LogP contribution in [0.2, 0.25) is 5.15 Å². The van der Waals surface area contributed by atoms with E-state index in [-0.39, 0.29) is 23.0 Å². The summed E-state index contributed by atoms with van der Waals surface area (Å²) in [6.07, 6.45) is 0.261. The third-order valence-electron chi connectivity index (χ3n) is 2.43. The number of rotatable bonds is 7. The summed E-state index contributed by atoms with van der Waals surface area (Å²) in [6.45, 7) is 1.21. The van der Waals surface area contributed by atoms with Crippen molar-refractivity contribution >= 4 is 23.4 Å². The number of nitrogens with zero attached hydrogens (tertiary/aromatic N) is 3. The van der Waals surface area contributed by atoms with Gasteiger partial charge in [-0.05, 0) is 12.1 Å². The van der Waals surface area contributed by atoms with Crippen LogP contribution in [0.1, 0.15) is 16.8 Å². The van der Waals surface area contributed by atoms with Crippen molar-refractivity contribution in [3.8, 4) is 6.07 Å². The van der Waals surface area contributed by atoms with Gasteiger partial charge in [-0.15, -0.1) is 0 Å². The number of aromatic carboxylic acids is 1. The van der Waals surface area contributed by atoms with Gasteiger partial charge in [0, 0.05) is 20.2 Å². The standard InChI is InChI=1S/C12H14ClN3O3/c1-19-8-7-16(6-2-5-14)11-9(12(17)18)3-4-10(13)15-11/h3-4H,2,6-8H2,1H3,(H,17,18). The predicted octanol–water partition coefficient (Wildman–Crippen LogP) is 1.80. The molecule has 0 amide bonds. The summed E-state index contributed by atoms with van der Waals surface area (Å²) in [5, 5.41) is 18.0. The normalized spacial score (nSPS) is 9.95. The first-order valence-electron chi connectivity index (χ1n) is 5.60. The van der Waals surface area contributed by atoms with Gasteiger partial charge in [-0.1, -0.05) is 11.6 Å². The lowest BCUT2D eigenvalue weighted by Crippen LogP contribution is -2.30. The summed E-state index contributed by atoms with van der Waals surface area (Å²) in [5.74, 6) is -0.828. The van der Waals surface area contributed by atoms with Crippen molar-refractivity contribution in [2.75, 3.05) is 31.7 Å². The highest BCUT2D eigenvalue weighted by Crippen LogP contribution is 2.21. The molecule has 1 rings (SSSR count). The zero-order valence-corrected chi connectivity index (χ0v) is 11.2. The molecule has 7 heteroatoms. The number of halogens is 1. The molecular formula is C12H14ClN3O3. The zero-order valence-electron chi connectivity index (χ0n) is 10.5. The molecule has 0 aromatic carbocycles. The first-order chi connectivity index (χ1) is 9.10. The van der Waals surface area contributed by atoms with Crippen LogP contribution in [0.3, 0.4) is 0 Å². The number of methoxy groups -OCH3 is 1. The first kappa shape index (κ1) is 15.2. The van der Waals surface area contributed by atoms with Gasteiger partial charge in [0.05, 0.1) is 19.1 Å². The van der Waals surface area contributed by atoms with Gasteiger partial charge >= 0.3 is 5.97 Å². The van der Waals surface area contributed by atoms with Gasteiger partial charge in [-0.2, -0.15) is 5.26 Å². The van der Waals surface area contributed by atoms with Gasteiger partial charge in [0.25, 0.3) is 0 Å². The largest absolute Gasteiger partial charge is 0.478 e. The van der Waals surface area contributed by atoms with E-state index in [9.17, 15) is 4.79 Å². The Morgan fingerprint density at radius 2 is 2.32 bits per heavy atom. The monoisotopic (exact) mass is 283 g/mol. The minimum Gasteiger partial charge on any atom is -0.478 e. The van der Waals surface area contributed by atoms with E-state index in [4.69, 9.17) is 26.7 Å². The van der Waals surface area contributed by atoms with Crippen LogP contribution in [0.4, 0.5) is 5.82 Å². The van der Waals surface area contributed by atoms with Gasteiger partial charge in [-0.3, -0.25) is 0 Å². The lowest BCUT2D eigenvalue weighted by molar-refractivity contribution is 0.0697. The van der Waals surface area contributed by atoms with Crippen molar-refractivity contribution in [1.29, 1.82) is 5.26 Å². The molecule has 0 aliphatic rings. The summed E-state index contributed by atoms with van der Waals surface area (Å²) in [7, 11) is 1.55. The van der Waals surface area contributed by atoms with E-state index in [0.717, 1.165) is 0 Å². The van der Waals surface area contributed by atoms with Crippen LogP contribution in [0.5, 0.6) is 0 Å². The van der Waals surface area contributed by atoms with Crippen molar-refractivity contribution in [2.45, 2.75) is 6.42 Å². The Bertz CT molecular complexity index is 488. The minimum atomic E-state index is -1.08. The van der Waals surface area contributed by atoms with Crippen molar-refractivity contribution in [1.82, 2.24) is 4.98 Å². The SMILES string of the molecule is COCCN(CCC#N)c1nc(Cl)ccc1C(=O)O. The Labute approximate surface area is 116 Å². The lowest BCUT2D eigenvalue weighted by Gasteiger charge is -2.23. The Morgan fingerprint density at radius 1 is 1.58 bits per heavy atom. The molecular weight excluding hydrogens is 270 g/mol. The van der Waals surface area contributed by atoms with Crippen LogP contribution in [-0.4, -0.2) is 42.9 Å².